The van der Waals surface area contributed by atoms with Gasteiger partial charge in [-0.3, -0.25) is 4.79 Å². The van der Waals surface area contributed by atoms with Crippen molar-refractivity contribution in [2.45, 2.75) is 25.9 Å². The second-order valence-corrected chi connectivity index (χ2v) is 6.46. The third kappa shape index (κ3) is 5.13. The van der Waals surface area contributed by atoms with Crippen LogP contribution in [0.4, 0.5) is 5.69 Å². The van der Waals surface area contributed by atoms with Crippen LogP contribution in [-0.4, -0.2) is 35.8 Å². The number of aromatic hydroxyl groups is 1. The first-order valence-corrected chi connectivity index (χ1v) is 8.78. The number of hydrogen-bond donors (Lipinski definition) is 4. The highest BCUT2D eigenvalue weighted by atomic mass is 35.5. The lowest BCUT2D eigenvalue weighted by Crippen LogP contribution is -2.28. The molecule has 4 N–H and O–H groups in total. The van der Waals surface area contributed by atoms with E-state index < -0.39 is 6.10 Å². The van der Waals surface area contributed by atoms with Crippen LogP contribution in [0.5, 0.6) is 11.5 Å². The van der Waals surface area contributed by atoms with Crippen molar-refractivity contribution in [2.24, 2.45) is 0 Å². The summed E-state index contributed by atoms with van der Waals surface area (Å²) in [5.74, 6) is -0.0669. The minimum atomic E-state index is -0.794. The Balaban J connectivity index is 0.00000261. The summed E-state index contributed by atoms with van der Waals surface area (Å²) in [4.78, 5) is 11.4. The third-order valence-electron chi connectivity index (χ3n) is 4.54. The molecule has 0 radical (unpaired) electrons. The molecule has 6 nitrogen and oxygen atoms in total. The van der Waals surface area contributed by atoms with Gasteiger partial charge in [-0.15, -0.1) is 12.4 Å². The molecule has 0 fully saturated rings. The van der Waals surface area contributed by atoms with E-state index in [9.17, 15) is 15.0 Å². The number of nitrogens with one attached hydrogen (secondary N) is 2. The highest BCUT2D eigenvalue weighted by Crippen LogP contribution is 2.41. The number of carbonyl (C=O) groups excluding carboxylic acids is 1. The maximum absolute atomic E-state index is 11.4. The Hall–Kier alpha value is -2.28. The van der Waals surface area contributed by atoms with E-state index in [1.54, 1.807) is 6.07 Å². The van der Waals surface area contributed by atoms with Crippen molar-refractivity contribution in [2.75, 3.05) is 25.0 Å². The fraction of sp³-hybridized carbons (Fsp3) is 0.350. The van der Waals surface area contributed by atoms with Gasteiger partial charge >= 0.3 is 0 Å². The highest BCUT2D eigenvalue weighted by Gasteiger charge is 2.25. The number of ether oxygens (including phenoxy) is 1. The second kappa shape index (κ2) is 9.60. The van der Waals surface area contributed by atoms with Gasteiger partial charge in [0, 0.05) is 12.1 Å². The Morgan fingerprint density at radius 1 is 1.26 bits per heavy atom. The summed E-state index contributed by atoms with van der Waals surface area (Å²) in [6, 6.07) is 11.4. The van der Waals surface area contributed by atoms with E-state index in [1.165, 1.54) is 17.2 Å². The van der Waals surface area contributed by atoms with Crippen LogP contribution in [0.1, 0.15) is 29.2 Å². The summed E-state index contributed by atoms with van der Waals surface area (Å²) in [7, 11) is 0. The fourth-order valence-corrected chi connectivity index (χ4v) is 3.08. The molecule has 0 saturated heterocycles. The van der Waals surface area contributed by atoms with Gasteiger partial charge in [-0.05, 0) is 49.6 Å². The maximum atomic E-state index is 11.4. The summed E-state index contributed by atoms with van der Waals surface area (Å²) >= 11 is 0. The predicted octanol–water partition coefficient (Wildman–Crippen LogP) is 2.71. The van der Waals surface area contributed by atoms with Gasteiger partial charge in [0.25, 0.3) is 5.91 Å². The van der Waals surface area contributed by atoms with Crippen molar-refractivity contribution < 1.29 is 19.7 Å². The molecular weight excluding hydrogens is 368 g/mol. The Kier molecular flexibility index (Phi) is 7.47. The van der Waals surface area contributed by atoms with E-state index in [0.29, 0.717) is 17.9 Å². The lowest BCUT2D eigenvalue weighted by Gasteiger charge is -2.24. The molecular formula is C20H25ClN2O4. The number of hydrogen-bond acceptors (Lipinski definition) is 5. The van der Waals surface area contributed by atoms with Gasteiger partial charge in [-0.25, -0.2) is 0 Å². The van der Waals surface area contributed by atoms with Crippen molar-refractivity contribution in [3.63, 3.8) is 0 Å². The second-order valence-electron chi connectivity index (χ2n) is 6.46. The van der Waals surface area contributed by atoms with Crippen LogP contribution in [0.2, 0.25) is 0 Å². The Labute approximate surface area is 165 Å². The van der Waals surface area contributed by atoms with Gasteiger partial charge in [0.2, 0.25) is 0 Å². The number of aliphatic hydroxyl groups excluding tert-OH is 1. The molecule has 1 heterocycles. The van der Waals surface area contributed by atoms with E-state index in [-0.39, 0.29) is 36.4 Å². The lowest BCUT2D eigenvalue weighted by molar-refractivity contribution is -0.118. The molecule has 1 atom stereocenters. The zero-order valence-corrected chi connectivity index (χ0v) is 16.0. The molecule has 27 heavy (non-hydrogen) atoms. The Morgan fingerprint density at radius 3 is 2.81 bits per heavy atom. The molecule has 2 aromatic carbocycles. The number of carbonyl (C=O) groups is 1. The standard InChI is InChI=1S/C20H24N2O4.ClH/c1-13-5-2-3-6-14(13)7-4-10-21-11-17(24)15-8-9-16(23)19-20(15)26-12-18(25)22-19;/h2-3,5-6,8-9,17,21,23-24H,4,7,10-12H2,1H3,(H,22,25);1H. The molecule has 0 aliphatic carbocycles. The molecule has 1 amide bonds. The van der Waals surface area contributed by atoms with Crippen molar-refractivity contribution in [1.29, 1.82) is 0 Å². The van der Waals surface area contributed by atoms with Crippen molar-refractivity contribution in [3.8, 4) is 11.5 Å². The van der Waals surface area contributed by atoms with Crippen LogP contribution >= 0.6 is 12.4 Å². The summed E-state index contributed by atoms with van der Waals surface area (Å²) in [6.07, 6.45) is 1.16. The number of fused-ring (bicyclic) bond motifs is 1. The minimum absolute atomic E-state index is 0. The van der Waals surface area contributed by atoms with Crippen LogP contribution in [0, 0.1) is 6.92 Å². The first-order chi connectivity index (χ1) is 12.6. The van der Waals surface area contributed by atoms with Gasteiger partial charge in [0.15, 0.2) is 12.4 Å². The number of phenols is 1. The smallest absolute Gasteiger partial charge is 0.262 e. The van der Waals surface area contributed by atoms with Crippen LogP contribution < -0.4 is 15.4 Å². The monoisotopic (exact) mass is 392 g/mol. The van der Waals surface area contributed by atoms with E-state index in [2.05, 4.69) is 29.7 Å². The molecule has 1 unspecified atom stereocenters. The van der Waals surface area contributed by atoms with Gasteiger partial charge in [-0.1, -0.05) is 24.3 Å². The maximum Gasteiger partial charge on any atom is 0.262 e. The Bertz CT molecular complexity index is 798. The summed E-state index contributed by atoms with van der Waals surface area (Å²) < 4.78 is 5.41. The molecule has 0 spiro atoms. The largest absolute Gasteiger partial charge is 0.506 e. The van der Waals surface area contributed by atoms with Crippen molar-refractivity contribution in [3.05, 3.63) is 53.1 Å². The van der Waals surface area contributed by atoms with Crippen LogP contribution in [0.15, 0.2) is 36.4 Å². The SMILES string of the molecule is Cc1ccccc1CCCNCC(O)c1ccc(O)c2c1OCC(=O)N2.Cl. The number of benzene rings is 2. The van der Waals surface area contributed by atoms with Gasteiger partial charge in [-0.2, -0.15) is 0 Å². The third-order valence-corrected chi connectivity index (χ3v) is 4.54. The normalized spacial score (nSPS) is 13.8. The molecule has 3 rings (SSSR count). The summed E-state index contributed by atoms with van der Waals surface area (Å²) in [5.41, 5.74) is 3.40. The van der Waals surface area contributed by atoms with Crippen molar-refractivity contribution in [1.82, 2.24) is 5.32 Å². The number of aryl methyl sites for hydroxylation is 2. The van der Waals surface area contributed by atoms with E-state index >= 15 is 0 Å². The first-order valence-electron chi connectivity index (χ1n) is 8.78. The van der Waals surface area contributed by atoms with Crippen LogP contribution in [0.25, 0.3) is 0 Å². The quantitative estimate of drug-likeness (QED) is 0.429. The first kappa shape index (κ1) is 21.0. The molecule has 0 aromatic heterocycles. The fourth-order valence-electron chi connectivity index (χ4n) is 3.08. The van der Waals surface area contributed by atoms with E-state index in [4.69, 9.17) is 4.74 Å². The number of phenolic OH excluding ortho intramolecular Hbond substituents is 1. The van der Waals surface area contributed by atoms with Gasteiger partial charge in [0.1, 0.15) is 11.4 Å². The zero-order valence-electron chi connectivity index (χ0n) is 15.2. The van der Waals surface area contributed by atoms with Gasteiger partial charge in [0.05, 0.1) is 6.10 Å². The predicted molar refractivity (Wildman–Crippen MR) is 107 cm³/mol. The van der Waals surface area contributed by atoms with Crippen molar-refractivity contribution >= 4 is 24.0 Å². The lowest BCUT2D eigenvalue weighted by atomic mass is 10.0. The molecule has 0 saturated carbocycles. The summed E-state index contributed by atoms with van der Waals surface area (Å²) in [5, 5.41) is 26.1. The zero-order chi connectivity index (χ0) is 18.5. The van der Waals surface area contributed by atoms with Crippen LogP contribution in [0.3, 0.4) is 0 Å². The molecule has 146 valence electrons. The molecule has 1 aliphatic rings. The number of anilines is 1. The molecule has 0 bridgehead atoms. The van der Waals surface area contributed by atoms with Gasteiger partial charge < -0.3 is 25.6 Å². The Morgan fingerprint density at radius 2 is 2.04 bits per heavy atom. The average Bonchev–Trinajstić information content (AvgIpc) is 2.63. The average molecular weight is 393 g/mol. The molecule has 2 aromatic rings. The highest BCUT2D eigenvalue weighted by molar-refractivity contribution is 5.97. The number of rotatable bonds is 7. The summed E-state index contributed by atoms with van der Waals surface area (Å²) in [6.45, 7) is 3.13. The number of aliphatic hydroxyl groups is 1. The minimum Gasteiger partial charge on any atom is -0.506 e. The van der Waals surface area contributed by atoms with E-state index in [1.807, 2.05) is 12.1 Å². The topological polar surface area (TPSA) is 90.8 Å². The molecule has 7 heteroatoms. The van der Waals surface area contributed by atoms with Crippen LogP contribution in [-0.2, 0) is 11.2 Å². The number of amides is 1. The number of halogens is 1. The van der Waals surface area contributed by atoms with E-state index in [0.717, 1.165) is 19.4 Å². The molecule has 1 aliphatic heterocycles.